The predicted octanol–water partition coefficient (Wildman–Crippen LogP) is 2.51. The Hall–Kier alpha value is -3.96. The van der Waals surface area contributed by atoms with Crippen LogP contribution in [0.1, 0.15) is 11.1 Å². The summed E-state index contributed by atoms with van der Waals surface area (Å²) in [6.07, 6.45) is 2.49. The van der Waals surface area contributed by atoms with Gasteiger partial charge < -0.3 is 5.73 Å². The van der Waals surface area contributed by atoms with E-state index in [2.05, 4.69) is 0 Å². The van der Waals surface area contributed by atoms with Gasteiger partial charge in [0.15, 0.2) is 0 Å². The normalized spacial score (nSPS) is 14.8. The van der Waals surface area contributed by atoms with E-state index in [1.165, 1.54) is 12.2 Å². The Balaban J connectivity index is 2.30. The fourth-order valence-corrected chi connectivity index (χ4v) is 4.54. The van der Waals surface area contributed by atoms with Gasteiger partial charge in [0.05, 0.1) is 9.81 Å². The Morgan fingerprint density at radius 3 is 1.69 bits per heavy atom. The molecule has 0 saturated heterocycles. The van der Waals surface area contributed by atoms with Crippen LogP contribution < -0.4 is 11.1 Å². The van der Waals surface area contributed by atoms with Gasteiger partial charge in [-0.15, -0.1) is 0 Å². The fraction of sp³-hybridized carbons (Fsp3) is 0. The average molecular weight is 405 g/mol. The van der Waals surface area contributed by atoms with Gasteiger partial charge in [-0.1, -0.05) is 60.7 Å². The van der Waals surface area contributed by atoms with E-state index in [1.54, 1.807) is 66.7 Å². The zero-order chi connectivity index (χ0) is 21.0. The molecule has 0 radical (unpaired) electrons. The third kappa shape index (κ3) is 4.00. The van der Waals surface area contributed by atoms with E-state index >= 15 is 0 Å². The first kappa shape index (κ1) is 19.8. The van der Waals surface area contributed by atoms with Crippen LogP contribution in [0.2, 0.25) is 0 Å². The van der Waals surface area contributed by atoms with Crippen molar-refractivity contribution in [3.63, 3.8) is 0 Å². The quantitative estimate of drug-likeness (QED) is 0.598. The lowest BCUT2D eigenvalue weighted by molar-refractivity contribution is -0.116. The van der Waals surface area contributed by atoms with E-state index in [0.29, 0.717) is 11.1 Å². The number of primary amides is 1. The maximum absolute atomic E-state index is 13.3. The molecule has 0 unspecified atom stereocenters. The fourth-order valence-electron chi connectivity index (χ4n) is 2.84. The van der Waals surface area contributed by atoms with Crippen LogP contribution in [-0.2, 0) is 14.6 Å². The molecule has 0 aromatic heterocycles. The van der Waals surface area contributed by atoms with Gasteiger partial charge in [-0.3, -0.25) is 10.1 Å². The summed E-state index contributed by atoms with van der Waals surface area (Å²) in [5.74, 6) is -1.01. The van der Waals surface area contributed by atoms with Crippen molar-refractivity contribution in [1.82, 2.24) is 5.32 Å². The van der Waals surface area contributed by atoms with E-state index in [0.717, 1.165) is 0 Å². The molecule has 29 heavy (non-hydrogen) atoms. The Labute approximate surface area is 167 Å². The molecule has 8 heteroatoms. The number of carbonyl (C=O) groups is 2. The topological polar surface area (TPSA) is 130 Å². The maximum Gasteiger partial charge on any atom is 0.319 e. The summed E-state index contributed by atoms with van der Waals surface area (Å²) < 4.78 is 26.6. The van der Waals surface area contributed by atoms with Crippen LogP contribution >= 0.6 is 0 Å². The summed E-state index contributed by atoms with van der Waals surface area (Å²) in [4.78, 5) is 23.1. The lowest BCUT2D eigenvalue weighted by Crippen LogP contribution is -2.36. The molecule has 1 aliphatic heterocycles. The first-order valence-electron chi connectivity index (χ1n) is 8.39. The summed E-state index contributed by atoms with van der Waals surface area (Å²) in [6, 6.07) is 17.3. The van der Waals surface area contributed by atoms with Gasteiger partial charge in [0.1, 0.15) is 11.6 Å². The highest BCUT2D eigenvalue weighted by Crippen LogP contribution is 2.39. The Kier molecular flexibility index (Phi) is 5.43. The molecule has 3 N–H and O–H groups in total. The highest BCUT2D eigenvalue weighted by Gasteiger charge is 2.31. The highest BCUT2D eigenvalue weighted by molar-refractivity contribution is 8.09. The van der Waals surface area contributed by atoms with Gasteiger partial charge in [-0.05, 0) is 23.3 Å². The second kappa shape index (κ2) is 7.96. The summed E-state index contributed by atoms with van der Waals surface area (Å²) >= 11 is 0. The van der Waals surface area contributed by atoms with Gasteiger partial charge in [-0.2, -0.15) is 5.26 Å². The lowest BCUT2D eigenvalue weighted by Gasteiger charge is -2.19. The van der Waals surface area contributed by atoms with Crippen LogP contribution in [0.4, 0.5) is 4.79 Å². The Morgan fingerprint density at radius 1 is 0.862 bits per heavy atom. The number of allylic oxidation sites excluding steroid dienone is 3. The van der Waals surface area contributed by atoms with Crippen molar-refractivity contribution in [1.29, 1.82) is 5.26 Å². The predicted molar refractivity (Wildman–Crippen MR) is 108 cm³/mol. The molecular formula is C21H15N3O4S. The molecule has 0 spiro atoms. The molecule has 0 bridgehead atoms. The molecule has 1 heterocycles. The number of benzene rings is 2. The lowest BCUT2D eigenvalue weighted by atomic mass is 10.0. The van der Waals surface area contributed by atoms with Gasteiger partial charge in [-0.25, -0.2) is 13.2 Å². The number of hydrogen-bond donors (Lipinski definition) is 2. The summed E-state index contributed by atoms with van der Waals surface area (Å²) in [6.45, 7) is 0. The van der Waals surface area contributed by atoms with Crippen molar-refractivity contribution >= 4 is 31.6 Å². The summed E-state index contributed by atoms with van der Waals surface area (Å²) in [7, 11) is -3.94. The number of imide groups is 1. The van der Waals surface area contributed by atoms with E-state index in [1.807, 2.05) is 5.32 Å². The first-order valence-corrected chi connectivity index (χ1v) is 9.87. The van der Waals surface area contributed by atoms with E-state index in [4.69, 9.17) is 5.73 Å². The molecule has 0 saturated carbocycles. The molecule has 7 nitrogen and oxygen atoms in total. The van der Waals surface area contributed by atoms with Crippen LogP contribution in [0.3, 0.4) is 0 Å². The number of urea groups is 1. The smallest absolute Gasteiger partial charge is 0.319 e. The third-order valence-corrected chi connectivity index (χ3v) is 6.00. The standard InChI is InChI=1S/C21H15N3O4S/c22-13-17(20(25)24-21(23)26)16-11-18(14-7-3-1-4-8-14)29(27,28)19(12-16)15-9-5-2-6-10-15/h1-12H,(H3,23,24,25,26). The maximum atomic E-state index is 13.3. The van der Waals surface area contributed by atoms with Gasteiger partial charge >= 0.3 is 6.03 Å². The molecule has 144 valence electrons. The average Bonchev–Trinajstić information content (AvgIpc) is 2.70. The van der Waals surface area contributed by atoms with Crippen molar-refractivity contribution in [2.75, 3.05) is 0 Å². The number of nitrogens with two attached hydrogens (primary N) is 1. The van der Waals surface area contributed by atoms with E-state index in [9.17, 15) is 23.3 Å². The second-order valence-corrected chi connectivity index (χ2v) is 7.90. The van der Waals surface area contributed by atoms with Gasteiger partial charge in [0.25, 0.3) is 5.91 Å². The summed E-state index contributed by atoms with van der Waals surface area (Å²) in [5, 5.41) is 11.3. The number of nitrogens with one attached hydrogen (secondary N) is 1. The van der Waals surface area contributed by atoms with Crippen LogP contribution in [0.15, 0.2) is 84.0 Å². The van der Waals surface area contributed by atoms with E-state index in [-0.39, 0.29) is 15.4 Å². The molecule has 0 atom stereocenters. The molecule has 0 aliphatic carbocycles. The largest absolute Gasteiger partial charge is 0.351 e. The number of rotatable bonds is 3. The minimum Gasteiger partial charge on any atom is -0.351 e. The number of carbonyl (C=O) groups excluding carboxylic acids is 2. The summed E-state index contributed by atoms with van der Waals surface area (Å²) in [5.41, 5.74) is 5.39. The number of nitrogens with zero attached hydrogens (tertiary/aromatic N) is 1. The zero-order valence-electron chi connectivity index (χ0n) is 15.0. The molecular weight excluding hydrogens is 390 g/mol. The zero-order valence-corrected chi connectivity index (χ0v) is 15.8. The number of nitriles is 1. The van der Waals surface area contributed by atoms with Crippen molar-refractivity contribution in [3.8, 4) is 6.07 Å². The van der Waals surface area contributed by atoms with Crippen molar-refractivity contribution in [2.45, 2.75) is 0 Å². The van der Waals surface area contributed by atoms with Crippen LogP contribution in [0.5, 0.6) is 0 Å². The van der Waals surface area contributed by atoms with Crippen molar-refractivity contribution < 1.29 is 18.0 Å². The van der Waals surface area contributed by atoms with Crippen molar-refractivity contribution in [2.24, 2.45) is 5.73 Å². The second-order valence-electron chi connectivity index (χ2n) is 6.01. The number of amides is 3. The highest BCUT2D eigenvalue weighted by atomic mass is 32.2. The molecule has 3 rings (SSSR count). The monoisotopic (exact) mass is 405 g/mol. The van der Waals surface area contributed by atoms with Crippen LogP contribution in [0, 0.1) is 11.3 Å². The third-order valence-electron chi connectivity index (χ3n) is 4.13. The minimum atomic E-state index is -3.94. The molecule has 3 amide bonds. The first-order chi connectivity index (χ1) is 13.8. The number of hydrogen-bond acceptors (Lipinski definition) is 5. The molecule has 2 aromatic rings. The Bertz CT molecular complexity index is 1150. The van der Waals surface area contributed by atoms with E-state index < -0.39 is 27.3 Å². The minimum absolute atomic E-state index is 0.0544. The molecule has 1 aliphatic rings. The van der Waals surface area contributed by atoms with Crippen molar-refractivity contribution in [3.05, 3.63) is 95.1 Å². The molecule has 2 aromatic carbocycles. The Morgan fingerprint density at radius 2 is 1.31 bits per heavy atom. The molecule has 0 fully saturated rings. The van der Waals surface area contributed by atoms with Crippen LogP contribution in [-0.4, -0.2) is 20.4 Å². The van der Waals surface area contributed by atoms with Crippen LogP contribution in [0.25, 0.3) is 9.81 Å². The van der Waals surface area contributed by atoms with Gasteiger partial charge in [0, 0.05) is 5.57 Å². The number of sulfone groups is 1. The SMILES string of the molecule is N#CC(C(=O)NC(N)=O)=C1C=C(c2ccccc2)S(=O)(=O)C(c2ccccc2)=C1. The van der Waals surface area contributed by atoms with Gasteiger partial charge in [0.2, 0.25) is 9.84 Å².